The van der Waals surface area contributed by atoms with Crippen LogP contribution in [0.3, 0.4) is 0 Å². The quantitative estimate of drug-likeness (QED) is 0.0262. The summed E-state index contributed by atoms with van der Waals surface area (Å²) in [5.74, 6) is -0.970. The Morgan fingerprint density at radius 3 is 1.10 bits per heavy atom. The van der Waals surface area contributed by atoms with E-state index in [0.717, 1.165) is 89.9 Å². The standard InChI is InChI=1S/C56H96O6/c1-4-7-10-13-16-19-22-24-26-28-30-31-34-37-40-43-46-49-55(58)61-52-53(51-60-54(57)48-45-42-39-36-33-21-18-15-12-9-6-3)62-56(59)50-47-44-41-38-35-32-29-27-25-23-20-17-14-11-8-5-2/h9,12,16,18-19,21,24,26-27,29,36,39,53H,4-8,10-11,13-15,17,20,22-23,25,28,30-35,37-38,40-52H2,1-3H3/b12-9-,19-16-,21-18-,26-24-,29-27-,39-36-. The van der Waals surface area contributed by atoms with Gasteiger partial charge in [-0.2, -0.15) is 0 Å². The summed E-state index contributed by atoms with van der Waals surface area (Å²) in [4.78, 5) is 37.9. The summed E-state index contributed by atoms with van der Waals surface area (Å²) >= 11 is 0. The van der Waals surface area contributed by atoms with Gasteiger partial charge in [-0.3, -0.25) is 14.4 Å². The third-order valence-corrected chi connectivity index (χ3v) is 10.9. The maximum atomic E-state index is 12.8. The SMILES string of the molecule is CC/C=C\C/C=C\C/C=C\CCCC(=O)OCC(COC(=O)CCCCCCCCC/C=C\C/C=C\CCCCC)OC(=O)CCCCCCC/C=C\CCCCCCCCC. The molecule has 0 bridgehead atoms. The summed E-state index contributed by atoms with van der Waals surface area (Å²) in [6.07, 6.45) is 63.2. The van der Waals surface area contributed by atoms with E-state index >= 15 is 0 Å². The van der Waals surface area contributed by atoms with Gasteiger partial charge < -0.3 is 14.2 Å². The number of allylic oxidation sites excluding steroid dienone is 12. The number of esters is 3. The van der Waals surface area contributed by atoms with Crippen LogP contribution in [-0.4, -0.2) is 37.2 Å². The minimum absolute atomic E-state index is 0.0987. The van der Waals surface area contributed by atoms with Crippen molar-refractivity contribution in [3.05, 3.63) is 72.9 Å². The molecule has 0 spiro atoms. The second kappa shape index (κ2) is 50.5. The van der Waals surface area contributed by atoms with E-state index in [1.807, 2.05) is 0 Å². The molecule has 0 N–H and O–H groups in total. The Balaban J connectivity index is 4.42. The number of unbranched alkanes of at least 4 members (excludes halogenated alkanes) is 23. The van der Waals surface area contributed by atoms with Gasteiger partial charge in [0.05, 0.1) is 0 Å². The highest BCUT2D eigenvalue weighted by Gasteiger charge is 2.19. The summed E-state index contributed by atoms with van der Waals surface area (Å²) in [6.45, 7) is 6.43. The Morgan fingerprint density at radius 1 is 0.339 bits per heavy atom. The molecule has 0 aliphatic heterocycles. The van der Waals surface area contributed by atoms with Gasteiger partial charge >= 0.3 is 17.9 Å². The smallest absolute Gasteiger partial charge is 0.306 e. The zero-order chi connectivity index (χ0) is 45.1. The van der Waals surface area contributed by atoms with Gasteiger partial charge in [0, 0.05) is 19.3 Å². The number of ether oxygens (including phenoxy) is 3. The highest BCUT2D eigenvalue weighted by Crippen LogP contribution is 2.14. The predicted molar refractivity (Wildman–Crippen MR) is 265 cm³/mol. The summed E-state index contributed by atoms with van der Waals surface area (Å²) in [6, 6.07) is 0. The van der Waals surface area contributed by atoms with E-state index < -0.39 is 6.10 Å². The lowest BCUT2D eigenvalue weighted by molar-refractivity contribution is -0.167. The van der Waals surface area contributed by atoms with Crippen LogP contribution in [0.4, 0.5) is 0 Å². The molecule has 0 aliphatic rings. The molecule has 0 rings (SSSR count). The molecule has 0 aromatic carbocycles. The zero-order valence-corrected chi connectivity index (χ0v) is 40.6. The lowest BCUT2D eigenvalue weighted by Crippen LogP contribution is -2.30. The van der Waals surface area contributed by atoms with Crippen LogP contribution >= 0.6 is 0 Å². The van der Waals surface area contributed by atoms with Crippen LogP contribution in [0.25, 0.3) is 0 Å². The first-order chi connectivity index (χ1) is 30.5. The molecule has 0 saturated carbocycles. The van der Waals surface area contributed by atoms with Gasteiger partial charge in [-0.15, -0.1) is 0 Å². The molecule has 6 heteroatoms. The van der Waals surface area contributed by atoms with Crippen LogP contribution in [0.5, 0.6) is 0 Å². The Bertz CT molecular complexity index is 1180. The number of carbonyl (C=O) groups is 3. The molecular formula is C56H96O6. The average molecular weight is 865 g/mol. The number of hydrogen-bond acceptors (Lipinski definition) is 6. The fraction of sp³-hybridized carbons (Fsp3) is 0.732. The van der Waals surface area contributed by atoms with Crippen molar-refractivity contribution < 1.29 is 28.6 Å². The van der Waals surface area contributed by atoms with Gasteiger partial charge in [0.15, 0.2) is 6.10 Å². The van der Waals surface area contributed by atoms with Crippen molar-refractivity contribution in [2.75, 3.05) is 13.2 Å². The largest absolute Gasteiger partial charge is 0.462 e. The van der Waals surface area contributed by atoms with Gasteiger partial charge in [0.25, 0.3) is 0 Å². The van der Waals surface area contributed by atoms with Crippen LogP contribution < -0.4 is 0 Å². The monoisotopic (exact) mass is 865 g/mol. The molecule has 356 valence electrons. The maximum Gasteiger partial charge on any atom is 0.306 e. The Hall–Kier alpha value is -3.15. The van der Waals surface area contributed by atoms with Crippen molar-refractivity contribution in [1.29, 1.82) is 0 Å². The lowest BCUT2D eigenvalue weighted by atomic mass is 10.1. The highest BCUT2D eigenvalue weighted by molar-refractivity contribution is 5.71. The fourth-order valence-electron chi connectivity index (χ4n) is 7.02. The molecule has 0 fully saturated rings. The Labute approximate surface area is 382 Å². The summed E-state index contributed by atoms with van der Waals surface area (Å²) in [5.41, 5.74) is 0. The number of rotatable bonds is 46. The molecule has 0 heterocycles. The van der Waals surface area contributed by atoms with E-state index in [2.05, 4.69) is 93.7 Å². The maximum absolute atomic E-state index is 12.8. The lowest BCUT2D eigenvalue weighted by Gasteiger charge is -2.18. The third kappa shape index (κ3) is 47.9. The first-order valence-electron chi connectivity index (χ1n) is 25.9. The van der Waals surface area contributed by atoms with Gasteiger partial charge in [-0.25, -0.2) is 0 Å². The second-order valence-electron chi connectivity index (χ2n) is 17.0. The van der Waals surface area contributed by atoms with Crippen molar-refractivity contribution >= 4 is 17.9 Å². The summed E-state index contributed by atoms with van der Waals surface area (Å²) < 4.78 is 16.7. The Morgan fingerprint density at radius 2 is 0.645 bits per heavy atom. The molecule has 1 unspecified atom stereocenters. The molecular weight excluding hydrogens is 769 g/mol. The van der Waals surface area contributed by atoms with Gasteiger partial charge in [0.2, 0.25) is 0 Å². The van der Waals surface area contributed by atoms with Gasteiger partial charge in [-0.1, -0.05) is 196 Å². The van der Waals surface area contributed by atoms with Crippen molar-refractivity contribution in [2.45, 2.75) is 252 Å². The van der Waals surface area contributed by atoms with Crippen molar-refractivity contribution in [1.82, 2.24) is 0 Å². The molecule has 0 aromatic rings. The minimum Gasteiger partial charge on any atom is -0.462 e. The molecule has 0 aromatic heterocycles. The topological polar surface area (TPSA) is 78.9 Å². The van der Waals surface area contributed by atoms with Gasteiger partial charge in [-0.05, 0) is 103 Å². The van der Waals surface area contributed by atoms with Crippen molar-refractivity contribution in [3.8, 4) is 0 Å². The molecule has 0 amide bonds. The summed E-state index contributed by atoms with van der Waals surface area (Å²) in [7, 11) is 0. The van der Waals surface area contributed by atoms with E-state index in [-0.39, 0.29) is 37.5 Å². The van der Waals surface area contributed by atoms with Crippen LogP contribution in [-0.2, 0) is 28.6 Å². The van der Waals surface area contributed by atoms with Crippen LogP contribution in [0.15, 0.2) is 72.9 Å². The molecule has 0 radical (unpaired) electrons. The fourth-order valence-corrected chi connectivity index (χ4v) is 7.02. The van der Waals surface area contributed by atoms with E-state index in [9.17, 15) is 14.4 Å². The summed E-state index contributed by atoms with van der Waals surface area (Å²) in [5, 5.41) is 0. The zero-order valence-electron chi connectivity index (χ0n) is 40.6. The first-order valence-corrected chi connectivity index (χ1v) is 25.9. The molecule has 1 atom stereocenters. The van der Waals surface area contributed by atoms with Crippen molar-refractivity contribution in [3.63, 3.8) is 0 Å². The van der Waals surface area contributed by atoms with Crippen LogP contribution in [0, 0.1) is 0 Å². The van der Waals surface area contributed by atoms with Crippen LogP contribution in [0.2, 0.25) is 0 Å². The average Bonchev–Trinajstić information content (AvgIpc) is 3.27. The molecule has 62 heavy (non-hydrogen) atoms. The number of hydrogen-bond donors (Lipinski definition) is 0. The molecule has 0 aliphatic carbocycles. The first kappa shape index (κ1) is 58.9. The van der Waals surface area contributed by atoms with Crippen molar-refractivity contribution in [2.24, 2.45) is 0 Å². The highest BCUT2D eigenvalue weighted by atomic mass is 16.6. The van der Waals surface area contributed by atoms with E-state index in [1.165, 1.54) is 109 Å². The predicted octanol–water partition coefficient (Wildman–Crippen LogP) is 17.0. The molecule has 6 nitrogen and oxygen atoms in total. The second-order valence-corrected chi connectivity index (χ2v) is 17.0. The number of carbonyl (C=O) groups excluding carboxylic acids is 3. The van der Waals surface area contributed by atoms with Gasteiger partial charge in [0.1, 0.15) is 13.2 Å². The van der Waals surface area contributed by atoms with E-state index in [0.29, 0.717) is 19.3 Å². The normalized spacial score (nSPS) is 12.6. The van der Waals surface area contributed by atoms with Crippen LogP contribution in [0.1, 0.15) is 245 Å². The Kier molecular flexibility index (Phi) is 47.9. The molecule has 0 saturated heterocycles. The minimum atomic E-state index is -0.802. The third-order valence-electron chi connectivity index (χ3n) is 10.9. The van der Waals surface area contributed by atoms with E-state index in [4.69, 9.17) is 14.2 Å². The van der Waals surface area contributed by atoms with E-state index in [1.54, 1.807) is 0 Å².